The molecule has 0 aliphatic carbocycles. The average molecular weight is 243 g/mol. The maximum absolute atomic E-state index is 3.48. The minimum absolute atomic E-state index is 0.982. The third-order valence-corrected chi connectivity index (χ3v) is 2.87. The maximum Gasteiger partial charge on any atom is 0.0492 e. The first-order valence-corrected chi connectivity index (χ1v) is 6.98. The molecule has 0 aromatic rings. The second kappa shape index (κ2) is 10.9. The molecule has 5 nitrogen and oxygen atoms in total. The van der Waals surface area contributed by atoms with Crippen LogP contribution >= 0.6 is 0 Å². The molecule has 1 aliphatic rings. The second-order valence-electron chi connectivity index (χ2n) is 4.56. The molecule has 1 saturated heterocycles. The van der Waals surface area contributed by atoms with Crippen molar-refractivity contribution in [2.45, 2.75) is 19.8 Å². The molecule has 4 N–H and O–H groups in total. The molecular formula is C12H29N5. The summed E-state index contributed by atoms with van der Waals surface area (Å²) in [6.45, 7) is 11.8. The van der Waals surface area contributed by atoms with E-state index >= 15 is 0 Å². The topological polar surface area (TPSA) is 51.4 Å². The summed E-state index contributed by atoms with van der Waals surface area (Å²) in [6, 6.07) is 0. The molecule has 0 amide bonds. The van der Waals surface area contributed by atoms with Gasteiger partial charge in [-0.05, 0) is 25.9 Å². The van der Waals surface area contributed by atoms with Crippen molar-refractivity contribution in [1.82, 2.24) is 26.2 Å². The zero-order valence-corrected chi connectivity index (χ0v) is 11.2. The van der Waals surface area contributed by atoms with Gasteiger partial charge in [-0.2, -0.15) is 0 Å². The van der Waals surface area contributed by atoms with Gasteiger partial charge in [0.1, 0.15) is 0 Å². The summed E-state index contributed by atoms with van der Waals surface area (Å²) >= 11 is 0. The molecule has 17 heavy (non-hydrogen) atoms. The Kier molecular flexibility index (Phi) is 9.55. The molecule has 0 saturated carbocycles. The Morgan fingerprint density at radius 2 is 1.29 bits per heavy atom. The minimum atomic E-state index is 0.982. The van der Waals surface area contributed by atoms with Gasteiger partial charge in [0.15, 0.2) is 0 Å². The predicted octanol–water partition coefficient (Wildman–Crippen LogP) is -0.624. The van der Waals surface area contributed by atoms with Gasteiger partial charge in [-0.1, -0.05) is 6.92 Å². The van der Waals surface area contributed by atoms with E-state index in [0.717, 1.165) is 59.2 Å². The third kappa shape index (κ3) is 8.51. The Morgan fingerprint density at radius 3 is 1.82 bits per heavy atom. The van der Waals surface area contributed by atoms with Gasteiger partial charge in [0, 0.05) is 46.1 Å². The van der Waals surface area contributed by atoms with Crippen molar-refractivity contribution in [2.24, 2.45) is 0 Å². The van der Waals surface area contributed by atoms with Crippen LogP contribution in [-0.4, -0.2) is 64.1 Å². The van der Waals surface area contributed by atoms with Crippen LogP contribution < -0.4 is 21.3 Å². The van der Waals surface area contributed by atoms with Gasteiger partial charge in [-0.15, -0.1) is 0 Å². The van der Waals surface area contributed by atoms with Crippen molar-refractivity contribution < 1.29 is 0 Å². The van der Waals surface area contributed by atoms with Crippen molar-refractivity contribution in [3.63, 3.8) is 0 Å². The Hall–Kier alpha value is -0.200. The van der Waals surface area contributed by atoms with Crippen molar-refractivity contribution in [3.05, 3.63) is 0 Å². The summed E-state index contributed by atoms with van der Waals surface area (Å²) in [5.41, 5.74) is 0. The third-order valence-electron chi connectivity index (χ3n) is 2.87. The Balaban J connectivity index is 2.19. The Morgan fingerprint density at radius 1 is 0.765 bits per heavy atom. The predicted molar refractivity (Wildman–Crippen MR) is 73.1 cm³/mol. The molecule has 0 bridgehead atoms. The quantitative estimate of drug-likeness (QED) is 0.521. The largest absolute Gasteiger partial charge is 0.315 e. The molecule has 0 atom stereocenters. The van der Waals surface area contributed by atoms with Gasteiger partial charge in [-0.25, -0.2) is 0 Å². The highest BCUT2D eigenvalue weighted by molar-refractivity contribution is 4.60. The fourth-order valence-electron chi connectivity index (χ4n) is 1.95. The van der Waals surface area contributed by atoms with Crippen molar-refractivity contribution in [2.75, 3.05) is 59.2 Å². The zero-order valence-electron chi connectivity index (χ0n) is 11.2. The molecular weight excluding hydrogens is 214 g/mol. The fraction of sp³-hybridized carbons (Fsp3) is 1.00. The number of rotatable bonds is 2. The van der Waals surface area contributed by atoms with E-state index in [9.17, 15) is 0 Å². The first-order valence-electron chi connectivity index (χ1n) is 6.98. The lowest BCUT2D eigenvalue weighted by atomic mass is 10.4. The first-order chi connectivity index (χ1) is 8.43. The SMILES string of the molecule is CCCN1CNCCNCCCNCCNC1. The molecule has 0 aromatic heterocycles. The summed E-state index contributed by atoms with van der Waals surface area (Å²) in [5.74, 6) is 0. The highest BCUT2D eigenvalue weighted by atomic mass is 15.3. The van der Waals surface area contributed by atoms with Gasteiger partial charge in [0.05, 0.1) is 0 Å². The summed E-state index contributed by atoms with van der Waals surface area (Å²) in [6.07, 6.45) is 2.42. The van der Waals surface area contributed by atoms with Gasteiger partial charge in [0.25, 0.3) is 0 Å². The molecule has 102 valence electrons. The number of nitrogens with one attached hydrogen (secondary N) is 4. The van der Waals surface area contributed by atoms with Crippen molar-refractivity contribution in [1.29, 1.82) is 0 Å². The molecule has 0 radical (unpaired) electrons. The first kappa shape index (κ1) is 14.9. The number of hydrogen-bond donors (Lipinski definition) is 4. The Labute approximate surface area is 106 Å². The van der Waals surface area contributed by atoms with Crippen LogP contribution in [0.4, 0.5) is 0 Å². The molecule has 0 spiro atoms. The zero-order chi connectivity index (χ0) is 12.2. The highest BCUT2D eigenvalue weighted by Crippen LogP contribution is 1.87. The van der Waals surface area contributed by atoms with Gasteiger partial charge in [-0.3, -0.25) is 4.90 Å². The second-order valence-corrected chi connectivity index (χ2v) is 4.56. The van der Waals surface area contributed by atoms with E-state index in [1.54, 1.807) is 0 Å². The molecule has 5 heteroatoms. The molecule has 0 unspecified atom stereocenters. The van der Waals surface area contributed by atoms with Crippen LogP contribution in [0.25, 0.3) is 0 Å². The van der Waals surface area contributed by atoms with Crippen LogP contribution in [0.2, 0.25) is 0 Å². The van der Waals surface area contributed by atoms with Crippen LogP contribution in [0.3, 0.4) is 0 Å². The van der Waals surface area contributed by atoms with E-state index in [2.05, 4.69) is 33.1 Å². The molecule has 1 fully saturated rings. The average Bonchev–Trinajstić information content (AvgIpc) is 2.34. The van der Waals surface area contributed by atoms with Gasteiger partial charge < -0.3 is 21.3 Å². The van der Waals surface area contributed by atoms with Crippen LogP contribution in [0.15, 0.2) is 0 Å². The summed E-state index contributed by atoms with van der Waals surface area (Å²) in [7, 11) is 0. The van der Waals surface area contributed by atoms with E-state index < -0.39 is 0 Å². The lowest BCUT2D eigenvalue weighted by Crippen LogP contribution is -2.44. The normalized spacial score (nSPS) is 23.1. The lowest BCUT2D eigenvalue weighted by Gasteiger charge is -2.23. The van der Waals surface area contributed by atoms with E-state index in [-0.39, 0.29) is 0 Å². The van der Waals surface area contributed by atoms with Crippen molar-refractivity contribution in [3.8, 4) is 0 Å². The number of nitrogens with zero attached hydrogens (tertiary/aromatic N) is 1. The van der Waals surface area contributed by atoms with Gasteiger partial charge >= 0.3 is 0 Å². The molecule has 1 aliphatic heterocycles. The fourth-order valence-corrected chi connectivity index (χ4v) is 1.95. The molecule has 1 heterocycles. The van der Waals surface area contributed by atoms with E-state index in [1.165, 1.54) is 12.8 Å². The van der Waals surface area contributed by atoms with E-state index in [1.807, 2.05) is 0 Å². The van der Waals surface area contributed by atoms with Crippen LogP contribution in [0.5, 0.6) is 0 Å². The highest BCUT2D eigenvalue weighted by Gasteiger charge is 2.02. The molecule has 0 aromatic carbocycles. The van der Waals surface area contributed by atoms with E-state index in [4.69, 9.17) is 0 Å². The Bertz CT molecular complexity index is 151. The smallest absolute Gasteiger partial charge is 0.0492 e. The van der Waals surface area contributed by atoms with Gasteiger partial charge in [0.2, 0.25) is 0 Å². The van der Waals surface area contributed by atoms with Crippen LogP contribution in [-0.2, 0) is 0 Å². The van der Waals surface area contributed by atoms with Crippen molar-refractivity contribution >= 4 is 0 Å². The summed E-state index contributed by atoms with van der Waals surface area (Å²) in [5, 5.41) is 13.9. The maximum atomic E-state index is 3.48. The lowest BCUT2D eigenvalue weighted by molar-refractivity contribution is 0.234. The summed E-state index contributed by atoms with van der Waals surface area (Å²) < 4.78 is 0. The number of hydrogen-bond acceptors (Lipinski definition) is 5. The standard InChI is InChI=1S/C12H29N5/c1-2-10-17-11-15-8-6-13-4-3-5-14-7-9-16-12-17/h13-16H,2-12H2,1H3. The minimum Gasteiger partial charge on any atom is -0.315 e. The van der Waals surface area contributed by atoms with E-state index in [0.29, 0.717) is 0 Å². The monoisotopic (exact) mass is 243 g/mol. The molecule has 1 rings (SSSR count). The van der Waals surface area contributed by atoms with Crippen LogP contribution in [0, 0.1) is 0 Å². The van der Waals surface area contributed by atoms with Crippen LogP contribution in [0.1, 0.15) is 19.8 Å². The summed E-state index contributed by atoms with van der Waals surface area (Å²) in [4.78, 5) is 2.42.